The van der Waals surface area contributed by atoms with Crippen LogP contribution in [0.25, 0.3) is 0 Å². The third-order valence-electron chi connectivity index (χ3n) is 4.87. The van der Waals surface area contributed by atoms with E-state index in [0.717, 1.165) is 11.3 Å². The molecule has 0 radical (unpaired) electrons. The van der Waals surface area contributed by atoms with Gasteiger partial charge in [-0.1, -0.05) is 6.07 Å². The number of morpholine rings is 1. The Labute approximate surface area is 140 Å². The van der Waals surface area contributed by atoms with Gasteiger partial charge in [0.2, 0.25) is 5.91 Å². The van der Waals surface area contributed by atoms with Crippen LogP contribution >= 0.6 is 0 Å². The smallest absolute Gasteiger partial charge is 0.234 e. The number of aromatic amines is 1. The highest BCUT2D eigenvalue weighted by Gasteiger charge is 2.38. The number of hydrogen-bond donors (Lipinski definition) is 1. The lowest BCUT2D eigenvalue weighted by Gasteiger charge is -2.35. The lowest BCUT2D eigenvalue weighted by atomic mass is 9.95. The molecular weight excluding hydrogens is 308 g/mol. The molecule has 0 saturated carbocycles. The molecule has 1 saturated heterocycles. The van der Waals surface area contributed by atoms with Gasteiger partial charge in [-0.3, -0.25) is 9.89 Å². The fourth-order valence-electron chi connectivity index (χ4n) is 3.35. The maximum Gasteiger partial charge on any atom is 0.234 e. The number of hydrogen-bond acceptors (Lipinski definition) is 5. The number of nitrogens with one attached hydrogen (secondary N) is 1. The second-order valence-electron chi connectivity index (χ2n) is 6.33. The predicted molar refractivity (Wildman–Crippen MR) is 85.8 cm³/mol. The first kappa shape index (κ1) is 15.1. The molecule has 2 aliphatic rings. The molecule has 2 atom stereocenters. The standard InChI is InChI=1S/C17H20N4O3/c1-10-5-12-13(7-24-15(12)6-11(10)2)17(22)21-3-4-23-8-14(21)16-18-9-19-20-16/h5-6,9,13-14H,3-4,7-8H2,1-2H3,(H,18,19,20). The zero-order chi connectivity index (χ0) is 16.7. The summed E-state index contributed by atoms with van der Waals surface area (Å²) in [5.41, 5.74) is 3.32. The van der Waals surface area contributed by atoms with Crippen molar-refractivity contribution in [2.45, 2.75) is 25.8 Å². The van der Waals surface area contributed by atoms with E-state index in [1.807, 2.05) is 11.0 Å². The second-order valence-corrected chi connectivity index (χ2v) is 6.33. The molecule has 1 aromatic heterocycles. The first-order chi connectivity index (χ1) is 11.6. The summed E-state index contributed by atoms with van der Waals surface area (Å²) in [6, 6.07) is 3.86. The van der Waals surface area contributed by atoms with Gasteiger partial charge in [-0.25, -0.2) is 4.98 Å². The van der Waals surface area contributed by atoms with Crippen molar-refractivity contribution < 1.29 is 14.3 Å². The first-order valence-corrected chi connectivity index (χ1v) is 8.12. The van der Waals surface area contributed by atoms with Gasteiger partial charge in [0.15, 0.2) is 0 Å². The zero-order valence-corrected chi connectivity index (χ0v) is 13.8. The van der Waals surface area contributed by atoms with Crippen LogP contribution in [0.3, 0.4) is 0 Å². The van der Waals surface area contributed by atoms with E-state index in [-0.39, 0.29) is 17.9 Å². The molecule has 1 amide bonds. The van der Waals surface area contributed by atoms with E-state index in [0.29, 0.717) is 32.2 Å². The van der Waals surface area contributed by atoms with Crippen molar-refractivity contribution in [1.82, 2.24) is 20.1 Å². The number of nitrogens with zero attached hydrogens (tertiary/aromatic N) is 3. The molecule has 1 fully saturated rings. The summed E-state index contributed by atoms with van der Waals surface area (Å²) >= 11 is 0. The van der Waals surface area contributed by atoms with Gasteiger partial charge >= 0.3 is 0 Å². The fourth-order valence-corrected chi connectivity index (χ4v) is 3.35. The van der Waals surface area contributed by atoms with E-state index in [9.17, 15) is 4.79 Å². The van der Waals surface area contributed by atoms with E-state index in [2.05, 4.69) is 35.1 Å². The summed E-state index contributed by atoms with van der Waals surface area (Å²) in [6.07, 6.45) is 1.45. The van der Waals surface area contributed by atoms with Crippen molar-refractivity contribution in [1.29, 1.82) is 0 Å². The van der Waals surface area contributed by atoms with Crippen molar-refractivity contribution >= 4 is 5.91 Å². The molecule has 0 bridgehead atoms. The number of ether oxygens (including phenoxy) is 2. The zero-order valence-electron chi connectivity index (χ0n) is 13.8. The fraction of sp³-hybridized carbons (Fsp3) is 0.471. The van der Waals surface area contributed by atoms with Crippen molar-refractivity contribution in [3.05, 3.63) is 41.0 Å². The van der Waals surface area contributed by atoms with Crippen LogP contribution in [0.4, 0.5) is 0 Å². The highest BCUT2D eigenvalue weighted by molar-refractivity contribution is 5.86. The molecule has 1 aromatic carbocycles. The van der Waals surface area contributed by atoms with Gasteiger partial charge in [-0.2, -0.15) is 5.10 Å². The monoisotopic (exact) mass is 328 g/mol. The van der Waals surface area contributed by atoms with Crippen molar-refractivity contribution in [2.24, 2.45) is 0 Å². The lowest BCUT2D eigenvalue weighted by molar-refractivity contribution is -0.142. The minimum absolute atomic E-state index is 0.0571. The summed E-state index contributed by atoms with van der Waals surface area (Å²) < 4.78 is 11.3. The Morgan fingerprint density at radius 1 is 1.29 bits per heavy atom. The molecule has 2 unspecified atom stereocenters. The molecule has 4 rings (SSSR count). The summed E-state index contributed by atoms with van der Waals surface area (Å²) in [4.78, 5) is 19.2. The van der Waals surface area contributed by atoms with E-state index < -0.39 is 0 Å². The normalized spacial score (nSPS) is 23.0. The summed E-state index contributed by atoms with van der Waals surface area (Å²) in [5.74, 6) is 1.26. The van der Waals surface area contributed by atoms with Crippen LogP contribution in [0.2, 0.25) is 0 Å². The maximum absolute atomic E-state index is 13.2. The molecule has 1 N–H and O–H groups in total. The first-order valence-electron chi connectivity index (χ1n) is 8.12. The maximum atomic E-state index is 13.2. The Hall–Kier alpha value is -2.41. The van der Waals surface area contributed by atoms with Gasteiger partial charge in [0, 0.05) is 12.1 Å². The third-order valence-corrected chi connectivity index (χ3v) is 4.87. The van der Waals surface area contributed by atoms with E-state index in [4.69, 9.17) is 9.47 Å². The highest BCUT2D eigenvalue weighted by Crippen LogP contribution is 2.38. The number of rotatable bonds is 2. The van der Waals surface area contributed by atoms with Gasteiger partial charge in [0.25, 0.3) is 0 Å². The van der Waals surface area contributed by atoms with Crippen molar-refractivity contribution in [2.75, 3.05) is 26.4 Å². The van der Waals surface area contributed by atoms with E-state index in [1.165, 1.54) is 17.5 Å². The number of benzene rings is 1. The molecule has 3 heterocycles. The van der Waals surface area contributed by atoms with Crippen LogP contribution in [-0.2, 0) is 9.53 Å². The van der Waals surface area contributed by atoms with Crippen LogP contribution in [0.1, 0.15) is 34.5 Å². The molecule has 126 valence electrons. The van der Waals surface area contributed by atoms with Crippen LogP contribution in [0, 0.1) is 13.8 Å². The number of carbonyl (C=O) groups excluding carboxylic acids is 1. The van der Waals surface area contributed by atoms with Gasteiger partial charge in [0.05, 0.1) is 13.2 Å². The van der Waals surface area contributed by atoms with Gasteiger partial charge < -0.3 is 14.4 Å². The number of amides is 1. The van der Waals surface area contributed by atoms with Gasteiger partial charge in [-0.05, 0) is 31.0 Å². The Balaban J connectivity index is 1.63. The minimum Gasteiger partial charge on any atom is -0.492 e. The van der Waals surface area contributed by atoms with E-state index >= 15 is 0 Å². The van der Waals surface area contributed by atoms with Crippen molar-refractivity contribution in [3.63, 3.8) is 0 Å². The average molecular weight is 328 g/mol. The van der Waals surface area contributed by atoms with Crippen molar-refractivity contribution in [3.8, 4) is 5.75 Å². The number of aryl methyl sites for hydroxylation is 2. The predicted octanol–water partition coefficient (Wildman–Crippen LogP) is 1.50. The number of fused-ring (bicyclic) bond motifs is 1. The summed E-state index contributed by atoms with van der Waals surface area (Å²) in [7, 11) is 0. The molecule has 2 aliphatic heterocycles. The van der Waals surface area contributed by atoms with Crippen LogP contribution < -0.4 is 4.74 Å². The average Bonchev–Trinajstić information content (AvgIpc) is 3.25. The summed E-state index contributed by atoms with van der Waals surface area (Å²) in [5, 5.41) is 6.74. The second kappa shape index (κ2) is 5.90. The van der Waals surface area contributed by atoms with Gasteiger partial charge in [0.1, 0.15) is 36.5 Å². The quantitative estimate of drug-likeness (QED) is 0.903. The van der Waals surface area contributed by atoms with Crippen LogP contribution in [0.15, 0.2) is 18.5 Å². The third kappa shape index (κ3) is 2.45. The Kier molecular flexibility index (Phi) is 3.72. The SMILES string of the molecule is Cc1cc2c(cc1C)C(C(=O)N1CCOCC1c1ncn[nH]1)CO2. The Morgan fingerprint density at radius 3 is 2.92 bits per heavy atom. The molecule has 2 aromatic rings. The Bertz CT molecular complexity index is 759. The number of aromatic nitrogens is 3. The lowest BCUT2D eigenvalue weighted by Crippen LogP contribution is -2.46. The van der Waals surface area contributed by atoms with Crippen LogP contribution in [0.5, 0.6) is 5.75 Å². The van der Waals surface area contributed by atoms with E-state index in [1.54, 1.807) is 0 Å². The molecule has 7 nitrogen and oxygen atoms in total. The minimum atomic E-state index is -0.275. The Morgan fingerprint density at radius 2 is 2.12 bits per heavy atom. The summed E-state index contributed by atoms with van der Waals surface area (Å²) in [6.45, 7) is 5.99. The molecule has 7 heteroatoms. The molecule has 24 heavy (non-hydrogen) atoms. The largest absolute Gasteiger partial charge is 0.492 e. The number of H-pyrrole nitrogens is 1. The number of carbonyl (C=O) groups is 1. The van der Waals surface area contributed by atoms with Gasteiger partial charge in [-0.15, -0.1) is 0 Å². The topological polar surface area (TPSA) is 80.3 Å². The highest BCUT2D eigenvalue weighted by atomic mass is 16.5. The molecular formula is C17H20N4O3. The molecule has 0 aliphatic carbocycles. The van der Waals surface area contributed by atoms with Crippen LogP contribution in [-0.4, -0.2) is 52.4 Å². The molecule has 0 spiro atoms.